The van der Waals surface area contributed by atoms with Gasteiger partial charge in [-0.1, -0.05) is 66.7 Å². The van der Waals surface area contributed by atoms with Crippen LogP contribution in [0.1, 0.15) is 25.7 Å². The third kappa shape index (κ3) is 4.49. The highest BCUT2D eigenvalue weighted by molar-refractivity contribution is 7.14. The van der Waals surface area contributed by atoms with Crippen LogP contribution >= 0.6 is 11.3 Å². The quantitative estimate of drug-likeness (QED) is 0.393. The Morgan fingerprint density at radius 2 is 1.62 bits per heavy atom. The standard InChI is InChI=1S/C25H23NO2S/c1-18-14-23(28-17-19-8-4-3-5-9-19)24(29-18)25(27)26(2)16-20-12-13-21-10-6-7-11-22(21)15-20/h3-15H,16-17H2,1-2H3. The normalized spacial score (nSPS) is 10.8. The molecule has 0 saturated carbocycles. The lowest BCUT2D eigenvalue weighted by Gasteiger charge is -2.18. The van der Waals surface area contributed by atoms with Crippen LogP contribution in [0.4, 0.5) is 0 Å². The van der Waals surface area contributed by atoms with Crippen LogP contribution in [0.2, 0.25) is 0 Å². The Bertz CT molecular complexity index is 1130. The van der Waals surface area contributed by atoms with Crippen LogP contribution < -0.4 is 4.74 Å². The molecule has 1 amide bonds. The fourth-order valence-electron chi connectivity index (χ4n) is 3.34. The molecule has 0 saturated heterocycles. The lowest BCUT2D eigenvalue weighted by molar-refractivity contribution is 0.0785. The van der Waals surface area contributed by atoms with Crippen molar-refractivity contribution in [1.82, 2.24) is 4.90 Å². The van der Waals surface area contributed by atoms with Crippen LogP contribution in [0.3, 0.4) is 0 Å². The van der Waals surface area contributed by atoms with Gasteiger partial charge in [-0.2, -0.15) is 0 Å². The first kappa shape index (κ1) is 19.2. The topological polar surface area (TPSA) is 29.5 Å². The molecule has 4 aromatic rings. The number of thiophene rings is 1. The average Bonchev–Trinajstić information content (AvgIpc) is 3.12. The lowest BCUT2D eigenvalue weighted by Crippen LogP contribution is -2.25. The summed E-state index contributed by atoms with van der Waals surface area (Å²) in [4.78, 5) is 16.6. The number of aryl methyl sites for hydroxylation is 1. The van der Waals surface area contributed by atoms with E-state index in [1.807, 2.05) is 62.5 Å². The van der Waals surface area contributed by atoms with Crippen molar-refractivity contribution in [2.24, 2.45) is 0 Å². The molecule has 29 heavy (non-hydrogen) atoms. The van der Waals surface area contributed by atoms with Gasteiger partial charge in [0.2, 0.25) is 0 Å². The monoisotopic (exact) mass is 401 g/mol. The number of rotatable bonds is 6. The van der Waals surface area contributed by atoms with Crippen molar-refractivity contribution < 1.29 is 9.53 Å². The molecule has 0 aliphatic heterocycles. The summed E-state index contributed by atoms with van der Waals surface area (Å²) < 4.78 is 5.99. The van der Waals surface area contributed by atoms with Crippen molar-refractivity contribution in [2.45, 2.75) is 20.1 Å². The maximum absolute atomic E-state index is 13.1. The third-order valence-corrected chi connectivity index (χ3v) is 5.85. The smallest absolute Gasteiger partial charge is 0.267 e. The Kier molecular flexibility index (Phi) is 5.63. The Balaban J connectivity index is 1.49. The summed E-state index contributed by atoms with van der Waals surface area (Å²) in [5, 5.41) is 2.39. The average molecular weight is 402 g/mol. The van der Waals surface area contributed by atoms with Crippen LogP contribution in [0.15, 0.2) is 78.9 Å². The van der Waals surface area contributed by atoms with E-state index < -0.39 is 0 Å². The summed E-state index contributed by atoms with van der Waals surface area (Å²) in [6.07, 6.45) is 0. The number of amides is 1. The molecule has 0 radical (unpaired) electrons. The first-order valence-electron chi connectivity index (χ1n) is 9.60. The van der Waals surface area contributed by atoms with Crippen molar-refractivity contribution in [3.63, 3.8) is 0 Å². The summed E-state index contributed by atoms with van der Waals surface area (Å²) in [6, 6.07) is 26.5. The second kappa shape index (κ2) is 8.50. The Labute approximate surface area is 175 Å². The molecule has 0 bridgehead atoms. The zero-order valence-corrected chi connectivity index (χ0v) is 17.4. The molecule has 0 atom stereocenters. The van der Waals surface area contributed by atoms with Crippen LogP contribution in [-0.4, -0.2) is 17.9 Å². The molecule has 4 heteroatoms. The first-order valence-corrected chi connectivity index (χ1v) is 10.4. The third-order valence-electron chi connectivity index (χ3n) is 4.83. The molecule has 3 nitrogen and oxygen atoms in total. The molecule has 4 rings (SSSR count). The van der Waals surface area contributed by atoms with Gasteiger partial charge in [0.05, 0.1) is 0 Å². The van der Waals surface area contributed by atoms with Gasteiger partial charge in [-0.25, -0.2) is 0 Å². The van der Waals surface area contributed by atoms with E-state index in [0.717, 1.165) is 16.0 Å². The van der Waals surface area contributed by atoms with Gasteiger partial charge in [-0.05, 0) is 41.0 Å². The Morgan fingerprint density at radius 3 is 2.41 bits per heavy atom. The molecule has 3 aromatic carbocycles. The summed E-state index contributed by atoms with van der Waals surface area (Å²) >= 11 is 1.48. The largest absolute Gasteiger partial charge is 0.487 e. The predicted octanol–water partition coefficient (Wildman–Crippen LogP) is 6.06. The van der Waals surface area contributed by atoms with E-state index in [4.69, 9.17) is 4.74 Å². The summed E-state index contributed by atoms with van der Waals surface area (Å²) in [5.74, 6) is 0.644. The highest BCUT2D eigenvalue weighted by Gasteiger charge is 2.20. The fourth-order valence-corrected chi connectivity index (χ4v) is 4.29. The molecular formula is C25H23NO2S. The fraction of sp³-hybridized carbons (Fsp3) is 0.160. The van der Waals surface area contributed by atoms with Crippen molar-refractivity contribution in [3.05, 3.63) is 99.7 Å². The predicted molar refractivity (Wildman–Crippen MR) is 120 cm³/mol. The molecule has 0 spiro atoms. The second-order valence-electron chi connectivity index (χ2n) is 7.17. The van der Waals surface area contributed by atoms with Gasteiger partial charge in [-0.15, -0.1) is 11.3 Å². The van der Waals surface area contributed by atoms with Crippen molar-refractivity contribution >= 4 is 28.0 Å². The molecule has 146 valence electrons. The number of nitrogens with zero attached hydrogens (tertiary/aromatic N) is 1. The minimum Gasteiger partial charge on any atom is -0.487 e. The minimum absolute atomic E-state index is 0.0145. The number of fused-ring (bicyclic) bond motifs is 1. The number of carbonyl (C=O) groups is 1. The second-order valence-corrected chi connectivity index (χ2v) is 8.42. The van der Waals surface area contributed by atoms with Crippen molar-refractivity contribution in [1.29, 1.82) is 0 Å². The molecule has 0 aliphatic carbocycles. The van der Waals surface area contributed by atoms with E-state index in [1.165, 1.54) is 22.1 Å². The van der Waals surface area contributed by atoms with E-state index in [-0.39, 0.29) is 5.91 Å². The summed E-state index contributed by atoms with van der Waals surface area (Å²) in [6.45, 7) is 3.00. The molecular weight excluding hydrogens is 378 g/mol. The van der Waals surface area contributed by atoms with E-state index in [1.54, 1.807) is 4.90 Å². The minimum atomic E-state index is -0.0145. The zero-order valence-electron chi connectivity index (χ0n) is 16.6. The molecule has 0 unspecified atom stereocenters. The number of carbonyl (C=O) groups excluding carboxylic acids is 1. The highest BCUT2D eigenvalue weighted by Crippen LogP contribution is 2.31. The number of benzene rings is 3. The number of hydrogen-bond donors (Lipinski definition) is 0. The summed E-state index contributed by atoms with van der Waals surface area (Å²) in [7, 11) is 1.84. The van der Waals surface area contributed by atoms with Gasteiger partial charge in [0.15, 0.2) is 0 Å². The maximum atomic E-state index is 13.1. The highest BCUT2D eigenvalue weighted by atomic mass is 32.1. The SMILES string of the molecule is Cc1cc(OCc2ccccc2)c(C(=O)N(C)Cc2ccc3ccccc3c2)s1. The van der Waals surface area contributed by atoms with Gasteiger partial charge in [0.1, 0.15) is 17.2 Å². The van der Waals surface area contributed by atoms with Gasteiger partial charge >= 0.3 is 0 Å². The molecule has 0 fully saturated rings. The maximum Gasteiger partial charge on any atom is 0.267 e. The van der Waals surface area contributed by atoms with Crippen LogP contribution in [0, 0.1) is 6.92 Å². The van der Waals surface area contributed by atoms with Crippen LogP contribution in [0.5, 0.6) is 5.75 Å². The van der Waals surface area contributed by atoms with Gasteiger partial charge in [-0.3, -0.25) is 4.79 Å². The molecule has 1 aromatic heterocycles. The summed E-state index contributed by atoms with van der Waals surface area (Å²) in [5.41, 5.74) is 2.19. The van der Waals surface area contributed by atoms with Gasteiger partial charge in [0, 0.05) is 18.5 Å². The van der Waals surface area contributed by atoms with E-state index in [2.05, 4.69) is 30.3 Å². The van der Waals surface area contributed by atoms with E-state index in [0.29, 0.717) is 23.8 Å². The van der Waals surface area contributed by atoms with Crippen molar-refractivity contribution in [3.8, 4) is 5.75 Å². The zero-order chi connectivity index (χ0) is 20.2. The van der Waals surface area contributed by atoms with Gasteiger partial charge < -0.3 is 9.64 Å². The lowest BCUT2D eigenvalue weighted by atomic mass is 10.1. The Morgan fingerprint density at radius 1 is 0.897 bits per heavy atom. The van der Waals surface area contributed by atoms with Crippen LogP contribution in [0.25, 0.3) is 10.8 Å². The number of ether oxygens (including phenoxy) is 1. The molecule has 1 heterocycles. The number of hydrogen-bond acceptors (Lipinski definition) is 3. The van der Waals surface area contributed by atoms with Gasteiger partial charge in [0.25, 0.3) is 5.91 Å². The first-order chi connectivity index (χ1) is 14.1. The Hall–Kier alpha value is -3.11. The van der Waals surface area contributed by atoms with E-state index >= 15 is 0 Å². The van der Waals surface area contributed by atoms with Crippen molar-refractivity contribution in [2.75, 3.05) is 7.05 Å². The van der Waals surface area contributed by atoms with E-state index in [9.17, 15) is 4.79 Å². The molecule has 0 N–H and O–H groups in total. The molecule has 0 aliphatic rings. The van der Waals surface area contributed by atoms with Crippen LogP contribution in [-0.2, 0) is 13.2 Å².